The predicted molar refractivity (Wildman–Crippen MR) is 113 cm³/mol. The largest absolute Gasteiger partial charge is 0.493 e. The quantitative estimate of drug-likeness (QED) is 0.480. The standard InChI is InChI=1S/C22H23N3O6/c1-28-10-11-30-20-12-16(8-9-18(20)29-2)24-21(26)14-23-22(27)17-13-19(31-25-17)15-6-4-3-5-7-15/h3-9,12-13H,10-11,14H2,1-2H3,(H,23,27)(H,24,26). The second-order valence-corrected chi connectivity index (χ2v) is 6.38. The van der Waals surface area contributed by atoms with E-state index in [1.54, 1.807) is 25.3 Å². The molecule has 0 aliphatic carbocycles. The Kier molecular flexibility index (Phi) is 7.61. The summed E-state index contributed by atoms with van der Waals surface area (Å²) in [6.07, 6.45) is 0. The van der Waals surface area contributed by atoms with Crippen LogP contribution in [0, 0.1) is 0 Å². The maximum absolute atomic E-state index is 12.3. The molecule has 1 aromatic heterocycles. The highest BCUT2D eigenvalue weighted by atomic mass is 16.5. The van der Waals surface area contributed by atoms with Crippen molar-refractivity contribution in [2.45, 2.75) is 0 Å². The number of ether oxygens (including phenoxy) is 3. The number of nitrogens with one attached hydrogen (secondary N) is 2. The first-order valence-corrected chi connectivity index (χ1v) is 9.50. The zero-order chi connectivity index (χ0) is 22.1. The van der Waals surface area contributed by atoms with Gasteiger partial charge in [-0.1, -0.05) is 35.5 Å². The van der Waals surface area contributed by atoms with E-state index in [1.807, 2.05) is 30.3 Å². The Labute approximate surface area is 179 Å². The van der Waals surface area contributed by atoms with Crippen LogP contribution in [-0.4, -0.2) is 50.9 Å². The van der Waals surface area contributed by atoms with Crippen LogP contribution in [-0.2, 0) is 9.53 Å². The van der Waals surface area contributed by atoms with E-state index in [0.29, 0.717) is 36.2 Å². The van der Waals surface area contributed by atoms with E-state index < -0.39 is 11.8 Å². The lowest BCUT2D eigenvalue weighted by Crippen LogP contribution is -2.33. The van der Waals surface area contributed by atoms with Gasteiger partial charge in [-0.2, -0.15) is 0 Å². The van der Waals surface area contributed by atoms with Crippen LogP contribution in [0.25, 0.3) is 11.3 Å². The van der Waals surface area contributed by atoms with Crippen LogP contribution in [0.1, 0.15) is 10.5 Å². The van der Waals surface area contributed by atoms with Crippen molar-refractivity contribution in [1.82, 2.24) is 10.5 Å². The highest BCUT2D eigenvalue weighted by Crippen LogP contribution is 2.30. The van der Waals surface area contributed by atoms with Gasteiger partial charge in [0.2, 0.25) is 5.91 Å². The number of nitrogens with zero attached hydrogens (tertiary/aromatic N) is 1. The fourth-order valence-corrected chi connectivity index (χ4v) is 2.68. The number of aromatic nitrogens is 1. The summed E-state index contributed by atoms with van der Waals surface area (Å²) in [5.41, 5.74) is 1.39. The van der Waals surface area contributed by atoms with Gasteiger partial charge in [-0.3, -0.25) is 9.59 Å². The molecule has 0 bridgehead atoms. The number of anilines is 1. The van der Waals surface area contributed by atoms with Gasteiger partial charge in [0.1, 0.15) is 6.61 Å². The van der Waals surface area contributed by atoms with Gasteiger partial charge in [0.15, 0.2) is 23.0 Å². The van der Waals surface area contributed by atoms with E-state index in [1.165, 1.54) is 13.2 Å². The number of benzene rings is 2. The lowest BCUT2D eigenvalue weighted by Gasteiger charge is -2.13. The molecule has 0 atom stereocenters. The van der Waals surface area contributed by atoms with Gasteiger partial charge in [0.25, 0.3) is 5.91 Å². The van der Waals surface area contributed by atoms with Crippen LogP contribution in [0.15, 0.2) is 59.1 Å². The molecule has 2 N–H and O–H groups in total. The highest BCUT2D eigenvalue weighted by Gasteiger charge is 2.15. The fraction of sp³-hybridized carbons (Fsp3) is 0.227. The zero-order valence-electron chi connectivity index (χ0n) is 17.2. The van der Waals surface area contributed by atoms with Crippen molar-refractivity contribution >= 4 is 17.5 Å². The molecule has 1 heterocycles. The summed E-state index contributed by atoms with van der Waals surface area (Å²) in [6, 6.07) is 15.8. The Morgan fingerprint density at radius 1 is 1.00 bits per heavy atom. The molecule has 0 saturated heterocycles. The molecule has 0 radical (unpaired) electrons. The number of amides is 2. The lowest BCUT2D eigenvalue weighted by molar-refractivity contribution is -0.115. The van der Waals surface area contributed by atoms with Crippen molar-refractivity contribution < 1.29 is 28.3 Å². The van der Waals surface area contributed by atoms with Crippen LogP contribution in [0.3, 0.4) is 0 Å². The molecule has 2 aromatic carbocycles. The molecule has 0 saturated carbocycles. The van der Waals surface area contributed by atoms with Crippen LogP contribution in [0.4, 0.5) is 5.69 Å². The minimum Gasteiger partial charge on any atom is -0.493 e. The maximum atomic E-state index is 12.3. The molecule has 2 amide bonds. The van der Waals surface area contributed by atoms with Crippen molar-refractivity contribution in [1.29, 1.82) is 0 Å². The summed E-state index contributed by atoms with van der Waals surface area (Å²) < 4.78 is 21.0. The molecule has 31 heavy (non-hydrogen) atoms. The Balaban J connectivity index is 1.54. The normalized spacial score (nSPS) is 10.4. The lowest BCUT2D eigenvalue weighted by atomic mass is 10.1. The summed E-state index contributed by atoms with van der Waals surface area (Å²) in [6.45, 7) is 0.515. The number of carbonyl (C=O) groups excluding carboxylic acids is 2. The van der Waals surface area contributed by atoms with Crippen molar-refractivity contribution in [3.63, 3.8) is 0 Å². The molecule has 3 rings (SSSR count). The Morgan fingerprint density at radius 3 is 2.55 bits per heavy atom. The van der Waals surface area contributed by atoms with Crippen molar-refractivity contribution in [3.05, 3.63) is 60.3 Å². The molecule has 0 unspecified atom stereocenters. The van der Waals surface area contributed by atoms with E-state index in [4.69, 9.17) is 18.7 Å². The molecule has 0 spiro atoms. The summed E-state index contributed by atoms with van der Waals surface area (Å²) in [4.78, 5) is 24.5. The van der Waals surface area contributed by atoms with Gasteiger partial charge in [0, 0.05) is 30.5 Å². The van der Waals surface area contributed by atoms with E-state index in [2.05, 4.69) is 15.8 Å². The number of hydrogen-bond donors (Lipinski definition) is 2. The van der Waals surface area contributed by atoms with Crippen LogP contribution in [0.5, 0.6) is 11.5 Å². The third-order valence-corrected chi connectivity index (χ3v) is 4.20. The first-order valence-electron chi connectivity index (χ1n) is 9.50. The summed E-state index contributed by atoms with van der Waals surface area (Å²) in [5.74, 6) is 0.544. The summed E-state index contributed by atoms with van der Waals surface area (Å²) >= 11 is 0. The second kappa shape index (κ2) is 10.8. The summed E-state index contributed by atoms with van der Waals surface area (Å²) in [7, 11) is 3.10. The number of methoxy groups -OCH3 is 2. The fourth-order valence-electron chi connectivity index (χ4n) is 2.68. The number of hydrogen-bond acceptors (Lipinski definition) is 7. The monoisotopic (exact) mass is 425 g/mol. The van der Waals surface area contributed by atoms with Crippen molar-refractivity contribution in [2.75, 3.05) is 39.3 Å². The Bertz CT molecular complexity index is 1020. The molecule has 9 nitrogen and oxygen atoms in total. The van der Waals surface area contributed by atoms with Crippen molar-refractivity contribution in [2.24, 2.45) is 0 Å². The minimum atomic E-state index is -0.514. The van der Waals surface area contributed by atoms with Crippen LogP contribution < -0.4 is 20.1 Å². The van der Waals surface area contributed by atoms with E-state index in [9.17, 15) is 9.59 Å². The molecule has 0 fully saturated rings. The molecular formula is C22H23N3O6. The molecule has 162 valence electrons. The van der Waals surface area contributed by atoms with Crippen molar-refractivity contribution in [3.8, 4) is 22.8 Å². The summed E-state index contributed by atoms with van der Waals surface area (Å²) in [5, 5.41) is 8.98. The topological polar surface area (TPSA) is 112 Å². The van der Waals surface area contributed by atoms with E-state index in [-0.39, 0.29) is 12.2 Å². The van der Waals surface area contributed by atoms with Gasteiger partial charge < -0.3 is 29.4 Å². The van der Waals surface area contributed by atoms with Crippen LogP contribution >= 0.6 is 0 Å². The first-order chi connectivity index (χ1) is 15.1. The van der Waals surface area contributed by atoms with E-state index in [0.717, 1.165) is 5.56 Å². The Morgan fingerprint density at radius 2 is 1.81 bits per heavy atom. The SMILES string of the molecule is COCCOc1cc(NC(=O)CNC(=O)c2cc(-c3ccccc3)on2)ccc1OC. The van der Waals surface area contributed by atoms with Crippen LogP contribution in [0.2, 0.25) is 0 Å². The number of rotatable bonds is 10. The van der Waals surface area contributed by atoms with Gasteiger partial charge in [-0.15, -0.1) is 0 Å². The predicted octanol–water partition coefficient (Wildman–Crippen LogP) is 2.74. The first kappa shape index (κ1) is 21.8. The zero-order valence-corrected chi connectivity index (χ0v) is 17.2. The van der Waals surface area contributed by atoms with Gasteiger partial charge in [-0.25, -0.2) is 0 Å². The average molecular weight is 425 g/mol. The highest BCUT2D eigenvalue weighted by molar-refractivity contribution is 5.98. The maximum Gasteiger partial charge on any atom is 0.273 e. The smallest absolute Gasteiger partial charge is 0.273 e. The number of carbonyl (C=O) groups is 2. The molecule has 9 heteroatoms. The third kappa shape index (κ3) is 6.06. The van der Waals surface area contributed by atoms with E-state index >= 15 is 0 Å². The minimum absolute atomic E-state index is 0.0879. The van der Waals surface area contributed by atoms with Gasteiger partial charge in [0.05, 0.1) is 20.3 Å². The molecule has 0 aliphatic heterocycles. The third-order valence-electron chi connectivity index (χ3n) is 4.20. The van der Waals surface area contributed by atoms with Gasteiger partial charge >= 0.3 is 0 Å². The van der Waals surface area contributed by atoms with Gasteiger partial charge in [-0.05, 0) is 12.1 Å². The Hall–Kier alpha value is -3.85. The second-order valence-electron chi connectivity index (χ2n) is 6.38. The molecule has 0 aliphatic rings. The molecular weight excluding hydrogens is 402 g/mol. The average Bonchev–Trinajstić information content (AvgIpc) is 3.29. The molecule has 3 aromatic rings.